The van der Waals surface area contributed by atoms with E-state index in [9.17, 15) is 0 Å². The average molecular weight is 272 g/mol. The molecule has 2 N–H and O–H groups in total. The number of hydrogen-bond acceptors (Lipinski definition) is 4. The Morgan fingerprint density at radius 3 is 2.79 bits per heavy atom. The van der Waals surface area contributed by atoms with Crippen LogP contribution < -0.4 is 5.73 Å². The molecule has 0 radical (unpaired) electrons. The van der Waals surface area contributed by atoms with Crippen LogP contribution in [0.25, 0.3) is 17.2 Å². The van der Waals surface area contributed by atoms with Crippen LogP contribution in [0.15, 0.2) is 48.9 Å². The van der Waals surface area contributed by atoms with Crippen molar-refractivity contribution in [2.24, 2.45) is 0 Å². The number of rotatable bonds is 2. The Hall–Kier alpha value is -2.40. The van der Waals surface area contributed by atoms with Crippen molar-refractivity contribution in [3.63, 3.8) is 0 Å². The summed E-state index contributed by atoms with van der Waals surface area (Å²) in [5, 5.41) is 4.88. The minimum atomic E-state index is 0.520. The molecule has 19 heavy (non-hydrogen) atoms. The van der Waals surface area contributed by atoms with Gasteiger partial charge in [-0.3, -0.25) is 0 Å². The lowest BCUT2D eigenvalue weighted by Gasteiger charge is -2.01. The molecule has 0 atom stereocenters. The summed E-state index contributed by atoms with van der Waals surface area (Å²) in [6.45, 7) is 0. The molecule has 5 nitrogen and oxygen atoms in total. The van der Waals surface area contributed by atoms with Crippen LogP contribution in [0.3, 0.4) is 0 Å². The van der Waals surface area contributed by atoms with Gasteiger partial charge in [0.05, 0.1) is 5.02 Å². The second-order valence-corrected chi connectivity index (χ2v) is 4.35. The predicted molar refractivity (Wildman–Crippen MR) is 74.0 cm³/mol. The predicted octanol–water partition coefficient (Wildman–Crippen LogP) is 2.56. The van der Waals surface area contributed by atoms with Crippen LogP contribution >= 0.6 is 11.6 Å². The second kappa shape index (κ2) is 4.70. The van der Waals surface area contributed by atoms with Crippen LogP contribution in [-0.2, 0) is 0 Å². The quantitative estimate of drug-likeness (QED) is 0.727. The van der Waals surface area contributed by atoms with Gasteiger partial charge >= 0.3 is 0 Å². The highest BCUT2D eigenvalue weighted by Crippen LogP contribution is 2.20. The SMILES string of the molecule is Nc1cccc(-c2ncn(-c3ncccc3Cl)n2)c1. The Balaban J connectivity index is 2.03. The fourth-order valence-corrected chi connectivity index (χ4v) is 1.93. The van der Waals surface area contributed by atoms with Gasteiger partial charge in [-0.15, -0.1) is 5.10 Å². The largest absolute Gasteiger partial charge is 0.399 e. The molecule has 3 aromatic rings. The van der Waals surface area contributed by atoms with Crippen molar-refractivity contribution in [2.75, 3.05) is 5.73 Å². The van der Waals surface area contributed by atoms with Crippen molar-refractivity contribution in [1.29, 1.82) is 0 Å². The molecular formula is C13H10ClN5. The molecule has 0 saturated carbocycles. The van der Waals surface area contributed by atoms with Crippen molar-refractivity contribution >= 4 is 17.3 Å². The lowest BCUT2D eigenvalue weighted by molar-refractivity contribution is 0.848. The van der Waals surface area contributed by atoms with Gasteiger partial charge in [0.1, 0.15) is 6.33 Å². The minimum Gasteiger partial charge on any atom is -0.399 e. The van der Waals surface area contributed by atoms with E-state index in [4.69, 9.17) is 17.3 Å². The van der Waals surface area contributed by atoms with E-state index in [1.807, 2.05) is 24.3 Å². The first kappa shape index (κ1) is 11.7. The van der Waals surface area contributed by atoms with Crippen LogP contribution in [0.1, 0.15) is 0 Å². The van der Waals surface area contributed by atoms with E-state index in [-0.39, 0.29) is 0 Å². The number of nitrogens with two attached hydrogens (primary N) is 1. The van der Waals surface area contributed by atoms with Gasteiger partial charge in [-0.2, -0.15) is 0 Å². The molecule has 1 aromatic carbocycles. The molecule has 94 valence electrons. The molecule has 0 fully saturated rings. The Morgan fingerprint density at radius 2 is 2.00 bits per heavy atom. The third-order valence-corrected chi connectivity index (χ3v) is 2.89. The molecule has 0 spiro atoms. The standard InChI is InChI=1S/C13H10ClN5/c14-11-5-2-6-16-13(11)19-8-17-12(18-19)9-3-1-4-10(15)7-9/h1-8H,15H2. The third kappa shape index (κ3) is 2.28. The van der Waals surface area contributed by atoms with E-state index >= 15 is 0 Å². The van der Waals surface area contributed by atoms with E-state index in [0.29, 0.717) is 22.4 Å². The molecule has 0 aliphatic carbocycles. The van der Waals surface area contributed by atoms with Crippen molar-refractivity contribution in [1.82, 2.24) is 19.7 Å². The Morgan fingerprint density at radius 1 is 1.11 bits per heavy atom. The number of hydrogen-bond donors (Lipinski definition) is 1. The first-order chi connectivity index (χ1) is 9.24. The van der Waals surface area contributed by atoms with Crippen molar-refractivity contribution < 1.29 is 0 Å². The van der Waals surface area contributed by atoms with Gasteiger partial charge < -0.3 is 5.73 Å². The van der Waals surface area contributed by atoms with E-state index in [1.54, 1.807) is 29.3 Å². The normalized spacial score (nSPS) is 10.6. The lowest BCUT2D eigenvalue weighted by Crippen LogP contribution is -1.98. The summed E-state index contributed by atoms with van der Waals surface area (Å²) in [6.07, 6.45) is 3.23. The number of anilines is 1. The third-order valence-electron chi connectivity index (χ3n) is 2.59. The Bertz CT molecular complexity index is 722. The van der Waals surface area contributed by atoms with Gasteiger partial charge in [-0.05, 0) is 24.3 Å². The van der Waals surface area contributed by atoms with Crippen LogP contribution in [-0.4, -0.2) is 19.7 Å². The topological polar surface area (TPSA) is 69.6 Å². The Kier molecular flexibility index (Phi) is 2.89. The lowest BCUT2D eigenvalue weighted by atomic mass is 10.2. The van der Waals surface area contributed by atoms with Crippen LogP contribution in [0.5, 0.6) is 0 Å². The molecule has 0 aliphatic heterocycles. The molecule has 0 saturated heterocycles. The van der Waals surface area contributed by atoms with Crippen molar-refractivity contribution in [2.45, 2.75) is 0 Å². The van der Waals surface area contributed by atoms with Gasteiger partial charge in [-0.1, -0.05) is 23.7 Å². The first-order valence-corrected chi connectivity index (χ1v) is 6.00. The molecule has 2 heterocycles. The summed E-state index contributed by atoms with van der Waals surface area (Å²) < 4.78 is 1.54. The van der Waals surface area contributed by atoms with E-state index in [1.165, 1.54) is 0 Å². The van der Waals surface area contributed by atoms with E-state index < -0.39 is 0 Å². The number of nitrogen functional groups attached to an aromatic ring is 1. The summed E-state index contributed by atoms with van der Waals surface area (Å²) >= 11 is 6.07. The maximum atomic E-state index is 6.07. The summed E-state index contributed by atoms with van der Waals surface area (Å²) in [5.74, 6) is 1.13. The maximum absolute atomic E-state index is 6.07. The number of nitrogens with zero attached hydrogens (tertiary/aromatic N) is 4. The van der Waals surface area contributed by atoms with E-state index in [0.717, 1.165) is 5.56 Å². The second-order valence-electron chi connectivity index (χ2n) is 3.95. The van der Waals surface area contributed by atoms with Crippen LogP contribution in [0, 0.1) is 0 Å². The molecule has 6 heteroatoms. The molecule has 3 rings (SSSR count). The number of pyridine rings is 1. The summed E-state index contributed by atoms with van der Waals surface area (Å²) in [6, 6.07) is 10.9. The average Bonchev–Trinajstić information content (AvgIpc) is 2.89. The number of halogens is 1. The van der Waals surface area contributed by atoms with E-state index in [2.05, 4.69) is 15.1 Å². The molecule has 2 aromatic heterocycles. The van der Waals surface area contributed by atoms with Crippen LogP contribution in [0.4, 0.5) is 5.69 Å². The zero-order valence-corrected chi connectivity index (χ0v) is 10.6. The molecule has 0 amide bonds. The molecule has 0 bridgehead atoms. The van der Waals surface area contributed by atoms with Gasteiger partial charge in [0, 0.05) is 17.4 Å². The molecule has 0 unspecified atom stereocenters. The van der Waals surface area contributed by atoms with Gasteiger partial charge in [0.15, 0.2) is 11.6 Å². The highest BCUT2D eigenvalue weighted by Gasteiger charge is 2.08. The smallest absolute Gasteiger partial charge is 0.181 e. The number of aromatic nitrogens is 4. The summed E-state index contributed by atoms with van der Waals surface area (Å²) in [4.78, 5) is 8.42. The zero-order chi connectivity index (χ0) is 13.2. The highest BCUT2D eigenvalue weighted by atomic mass is 35.5. The van der Waals surface area contributed by atoms with Gasteiger partial charge in [0.2, 0.25) is 0 Å². The Labute approximate surface area is 114 Å². The first-order valence-electron chi connectivity index (χ1n) is 5.62. The number of benzene rings is 1. The maximum Gasteiger partial charge on any atom is 0.181 e. The summed E-state index contributed by atoms with van der Waals surface area (Å²) in [5.41, 5.74) is 7.27. The van der Waals surface area contributed by atoms with Crippen molar-refractivity contribution in [3.05, 3.63) is 53.9 Å². The molecular weight excluding hydrogens is 262 g/mol. The fraction of sp³-hybridized carbons (Fsp3) is 0. The monoisotopic (exact) mass is 271 g/mol. The van der Waals surface area contributed by atoms with Crippen LogP contribution in [0.2, 0.25) is 5.02 Å². The summed E-state index contributed by atoms with van der Waals surface area (Å²) in [7, 11) is 0. The van der Waals surface area contributed by atoms with Crippen molar-refractivity contribution in [3.8, 4) is 17.2 Å². The fourth-order valence-electron chi connectivity index (χ4n) is 1.72. The van der Waals surface area contributed by atoms with Gasteiger partial charge in [-0.25, -0.2) is 14.6 Å². The zero-order valence-electron chi connectivity index (χ0n) is 9.86. The van der Waals surface area contributed by atoms with Gasteiger partial charge in [0.25, 0.3) is 0 Å². The minimum absolute atomic E-state index is 0.520. The molecule has 0 aliphatic rings. The highest BCUT2D eigenvalue weighted by molar-refractivity contribution is 6.32.